The number of fused-ring (bicyclic) bond motifs is 1. The molecule has 2 atom stereocenters. The number of likely N-dealkylation sites (tertiary alicyclic amines) is 1. The molecule has 1 fully saturated rings. The van der Waals surface area contributed by atoms with Gasteiger partial charge in [0.1, 0.15) is 0 Å². The van der Waals surface area contributed by atoms with Crippen molar-refractivity contribution < 1.29 is 18.4 Å². The van der Waals surface area contributed by atoms with E-state index < -0.39 is 23.8 Å². The van der Waals surface area contributed by atoms with Crippen LogP contribution in [-0.2, 0) is 0 Å². The molecule has 0 radical (unpaired) electrons. The highest BCUT2D eigenvalue weighted by molar-refractivity contribution is 6.21. The molecule has 2 amide bonds. The second kappa shape index (κ2) is 7.09. The van der Waals surface area contributed by atoms with Crippen LogP contribution in [0.5, 0.6) is 0 Å². The lowest BCUT2D eigenvalue weighted by Gasteiger charge is -2.43. The van der Waals surface area contributed by atoms with E-state index in [4.69, 9.17) is 0 Å². The highest BCUT2D eigenvalue weighted by atomic mass is 19.3. The third-order valence-electron chi connectivity index (χ3n) is 5.79. The van der Waals surface area contributed by atoms with Crippen molar-refractivity contribution in [3.05, 3.63) is 71.3 Å². The molecule has 2 aliphatic heterocycles. The van der Waals surface area contributed by atoms with Crippen molar-refractivity contribution in [1.82, 2.24) is 9.80 Å². The Morgan fingerprint density at radius 1 is 1.00 bits per heavy atom. The number of piperidine rings is 1. The van der Waals surface area contributed by atoms with E-state index in [1.165, 1.54) is 0 Å². The number of alkyl halides is 2. The molecule has 0 bridgehead atoms. The number of hydrogen-bond acceptors (Lipinski definition) is 3. The SMILES string of the molecule is C[C@@H](c1ccccc1)N1CCC(F)(F)C[C@H]1CN1C(=O)c2ccccc2C1=O. The highest BCUT2D eigenvalue weighted by Gasteiger charge is 2.45. The number of halogens is 2. The Morgan fingerprint density at radius 2 is 1.57 bits per heavy atom. The van der Waals surface area contributed by atoms with Crippen molar-refractivity contribution in [1.29, 1.82) is 0 Å². The highest BCUT2D eigenvalue weighted by Crippen LogP contribution is 2.37. The lowest BCUT2D eigenvalue weighted by molar-refractivity contribution is -0.0898. The van der Waals surface area contributed by atoms with E-state index in [1.807, 2.05) is 42.2 Å². The van der Waals surface area contributed by atoms with Crippen molar-refractivity contribution in [2.45, 2.75) is 37.8 Å². The van der Waals surface area contributed by atoms with Crippen LogP contribution >= 0.6 is 0 Å². The van der Waals surface area contributed by atoms with E-state index in [2.05, 4.69) is 0 Å². The molecular formula is C22H22F2N2O2. The molecule has 2 aromatic carbocycles. The van der Waals surface area contributed by atoms with E-state index >= 15 is 0 Å². The molecule has 0 unspecified atom stereocenters. The first-order chi connectivity index (χ1) is 13.4. The van der Waals surface area contributed by atoms with Crippen molar-refractivity contribution in [3.8, 4) is 0 Å². The molecule has 0 aliphatic carbocycles. The Balaban J connectivity index is 1.60. The first-order valence-electron chi connectivity index (χ1n) is 9.51. The largest absolute Gasteiger partial charge is 0.291 e. The Bertz CT molecular complexity index is 865. The zero-order chi connectivity index (χ0) is 19.9. The Hall–Kier alpha value is -2.60. The van der Waals surface area contributed by atoms with Crippen molar-refractivity contribution >= 4 is 11.8 Å². The van der Waals surface area contributed by atoms with Gasteiger partial charge >= 0.3 is 0 Å². The lowest BCUT2D eigenvalue weighted by Crippen LogP contribution is -2.53. The standard InChI is InChI=1S/C22H22F2N2O2/c1-15(16-7-3-2-4-8-16)25-12-11-22(23,24)13-17(25)14-26-20(27)18-9-5-6-10-19(18)21(26)28/h2-10,15,17H,11-14H2,1H3/t15-,17-/m0/s1. The van der Waals surface area contributed by atoms with Crippen LogP contribution in [0.25, 0.3) is 0 Å². The fourth-order valence-corrected chi connectivity index (χ4v) is 4.26. The first-order valence-corrected chi connectivity index (χ1v) is 9.51. The fraction of sp³-hybridized carbons (Fsp3) is 0.364. The molecule has 0 N–H and O–H groups in total. The molecule has 2 heterocycles. The minimum Gasteiger partial charge on any atom is -0.291 e. The molecule has 28 heavy (non-hydrogen) atoms. The third kappa shape index (κ3) is 3.33. The normalized spacial score (nSPS) is 23.0. The van der Waals surface area contributed by atoms with Gasteiger partial charge in [-0.05, 0) is 24.6 Å². The average molecular weight is 384 g/mol. The van der Waals surface area contributed by atoms with Gasteiger partial charge in [-0.2, -0.15) is 0 Å². The van der Waals surface area contributed by atoms with Gasteiger partial charge in [0, 0.05) is 38.0 Å². The predicted molar refractivity (Wildman–Crippen MR) is 101 cm³/mol. The summed E-state index contributed by atoms with van der Waals surface area (Å²) >= 11 is 0. The summed E-state index contributed by atoms with van der Waals surface area (Å²) in [7, 11) is 0. The molecule has 2 aliphatic rings. The minimum atomic E-state index is -2.80. The first kappa shape index (κ1) is 18.7. The molecule has 0 aromatic heterocycles. The molecule has 0 spiro atoms. The van der Waals surface area contributed by atoms with E-state index in [0.717, 1.165) is 10.5 Å². The number of hydrogen-bond donors (Lipinski definition) is 0. The van der Waals surface area contributed by atoms with Gasteiger partial charge in [0.25, 0.3) is 17.7 Å². The van der Waals surface area contributed by atoms with Gasteiger partial charge in [0.15, 0.2) is 0 Å². The van der Waals surface area contributed by atoms with E-state index in [-0.39, 0.29) is 32.0 Å². The maximum Gasteiger partial charge on any atom is 0.261 e. The lowest BCUT2D eigenvalue weighted by atomic mass is 9.94. The summed E-state index contributed by atoms with van der Waals surface area (Å²) in [5.41, 5.74) is 1.72. The number of rotatable bonds is 4. The van der Waals surface area contributed by atoms with Crippen molar-refractivity contribution in [2.75, 3.05) is 13.1 Å². The number of nitrogens with zero attached hydrogens (tertiary/aromatic N) is 2. The molecule has 146 valence electrons. The van der Waals surface area contributed by atoms with Gasteiger partial charge in [0.05, 0.1) is 11.1 Å². The molecule has 2 aromatic rings. The number of benzene rings is 2. The van der Waals surface area contributed by atoms with Crippen LogP contribution in [-0.4, -0.2) is 46.7 Å². The zero-order valence-corrected chi connectivity index (χ0v) is 15.6. The summed E-state index contributed by atoms with van der Waals surface area (Å²) < 4.78 is 28.4. The third-order valence-corrected chi connectivity index (χ3v) is 5.79. The van der Waals surface area contributed by atoms with Crippen LogP contribution in [0, 0.1) is 0 Å². The Kier molecular flexibility index (Phi) is 4.75. The molecule has 1 saturated heterocycles. The molecule has 4 rings (SSSR count). The summed E-state index contributed by atoms with van der Waals surface area (Å²) in [5.74, 6) is -3.60. The number of amides is 2. The van der Waals surface area contributed by atoms with Crippen LogP contribution in [0.15, 0.2) is 54.6 Å². The summed E-state index contributed by atoms with van der Waals surface area (Å²) in [5, 5.41) is 0. The van der Waals surface area contributed by atoms with Crippen LogP contribution in [0.2, 0.25) is 0 Å². The Labute approximate surface area is 162 Å². The van der Waals surface area contributed by atoms with Crippen molar-refractivity contribution in [3.63, 3.8) is 0 Å². The van der Waals surface area contributed by atoms with Crippen LogP contribution < -0.4 is 0 Å². The molecular weight excluding hydrogens is 362 g/mol. The minimum absolute atomic E-state index is 0.0287. The van der Waals surface area contributed by atoms with Gasteiger partial charge in [-0.3, -0.25) is 19.4 Å². The summed E-state index contributed by atoms with van der Waals surface area (Å²) in [6.07, 6.45) is -0.583. The maximum atomic E-state index is 14.2. The van der Waals surface area contributed by atoms with Crippen molar-refractivity contribution in [2.24, 2.45) is 0 Å². The summed E-state index contributed by atoms with van der Waals surface area (Å²) in [6.45, 7) is 2.17. The van der Waals surface area contributed by atoms with Gasteiger partial charge in [-0.25, -0.2) is 8.78 Å². The Morgan fingerprint density at radius 3 is 2.18 bits per heavy atom. The van der Waals surface area contributed by atoms with E-state index in [0.29, 0.717) is 11.1 Å². The van der Waals surface area contributed by atoms with Gasteiger partial charge in [0.2, 0.25) is 0 Å². The van der Waals surface area contributed by atoms with Gasteiger partial charge < -0.3 is 0 Å². The summed E-state index contributed by atoms with van der Waals surface area (Å²) in [4.78, 5) is 28.5. The van der Waals surface area contributed by atoms with Crippen LogP contribution in [0.4, 0.5) is 8.78 Å². The number of carbonyl (C=O) groups excluding carboxylic acids is 2. The molecule has 0 saturated carbocycles. The quantitative estimate of drug-likeness (QED) is 0.744. The summed E-state index contributed by atoms with van der Waals surface area (Å²) in [6, 6.07) is 15.6. The second-order valence-corrected chi connectivity index (χ2v) is 7.55. The molecule has 6 heteroatoms. The predicted octanol–water partition coefficient (Wildman–Crippen LogP) is 4.14. The topological polar surface area (TPSA) is 40.6 Å². The van der Waals surface area contributed by atoms with Gasteiger partial charge in [-0.1, -0.05) is 42.5 Å². The zero-order valence-electron chi connectivity index (χ0n) is 15.6. The van der Waals surface area contributed by atoms with E-state index in [1.54, 1.807) is 24.3 Å². The molecule has 4 nitrogen and oxygen atoms in total. The number of carbonyl (C=O) groups is 2. The average Bonchev–Trinajstić information content (AvgIpc) is 2.93. The number of imide groups is 1. The van der Waals surface area contributed by atoms with Crippen LogP contribution in [0.1, 0.15) is 52.1 Å². The monoisotopic (exact) mass is 384 g/mol. The smallest absolute Gasteiger partial charge is 0.261 e. The second-order valence-electron chi connectivity index (χ2n) is 7.55. The van der Waals surface area contributed by atoms with Crippen LogP contribution in [0.3, 0.4) is 0 Å². The van der Waals surface area contributed by atoms with E-state index in [9.17, 15) is 18.4 Å². The maximum absolute atomic E-state index is 14.2. The van der Waals surface area contributed by atoms with Gasteiger partial charge in [-0.15, -0.1) is 0 Å². The fourth-order valence-electron chi connectivity index (χ4n) is 4.26.